The molecule has 7 nitrogen and oxygen atoms in total. The first kappa shape index (κ1) is 26.6. The van der Waals surface area contributed by atoms with Gasteiger partial charge in [-0.05, 0) is 59.7 Å². The van der Waals surface area contributed by atoms with Crippen LogP contribution < -0.4 is 10.1 Å². The third kappa shape index (κ3) is 7.77. The van der Waals surface area contributed by atoms with E-state index in [1.165, 1.54) is 12.1 Å². The number of carbonyl (C=O) groups is 2. The predicted octanol–water partition coefficient (Wildman–Crippen LogP) is 5.65. The Kier molecular flexibility index (Phi) is 9.23. The van der Waals surface area contributed by atoms with Crippen LogP contribution in [0, 0.1) is 5.92 Å². The van der Waals surface area contributed by atoms with Gasteiger partial charge in [0, 0.05) is 12.1 Å². The highest BCUT2D eigenvalue weighted by atomic mass is 16.5. The van der Waals surface area contributed by atoms with Crippen molar-refractivity contribution in [1.29, 1.82) is 0 Å². The third-order valence-corrected chi connectivity index (χ3v) is 5.84. The fraction of sp³-hybridized carbons (Fsp3) is 0.161. The summed E-state index contributed by atoms with van der Waals surface area (Å²) < 4.78 is 11.6. The average Bonchev–Trinajstić information content (AvgIpc) is 2.94. The Morgan fingerprint density at radius 3 is 2.13 bits per heavy atom. The summed E-state index contributed by atoms with van der Waals surface area (Å²) in [5.41, 5.74) is 1.73. The van der Waals surface area contributed by atoms with E-state index in [9.17, 15) is 19.8 Å². The van der Waals surface area contributed by atoms with Crippen LogP contribution in [0.4, 0.5) is 5.69 Å². The number of phenols is 1. The largest absolute Gasteiger partial charge is 0.508 e. The van der Waals surface area contributed by atoms with Gasteiger partial charge in [0.05, 0.1) is 19.1 Å². The van der Waals surface area contributed by atoms with Gasteiger partial charge < -0.3 is 25.0 Å². The van der Waals surface area contributed by atoms with E-state index in [-0.39, 0.29) is 30.9 Å². The fourth-order valence-corrected chi connectivity index (χ4v) is 3.83. The minimum Gasteiger partial charge on any atom is -0.508 e. The van der Waals surface area contributed by atoms with E-state index in [1.54, 1.807) is 36.4 Å². The van der Waals surface area contributed by atoms with Crippen molar-refractivity contribution < 1.29 is 29.3 Å². The lowest BCUT2D eigenvalue weighted by Crippen LogP contribution is -2.30. The number of carbonyl (C=O) groups excluding carboxylic acids is 2. The topological polar surface area (TPSA) is 105 Å². The van der Waals surface area contributed by atoms with Crippen molar-refractivity contribution in [3.8, 4) is 17.2 Å². The Bertz CT molecular complexity index is 1330. The molecule has 0 bridgehead atoms. The Hall–Kier alpha value is -4.46. The zero-order chi connectivity index (χ0) is 26.7. The Morgan fingerprint density at radius 2 is 1.45 bits per heavy atom. The van der Waals surface area contributed by atoms with Gasteiger partial charge in [0.25, 0.3) is 0 Å². The molecule has 0 aromatic heterocycles. The van der Waals surface area contributed by atoms with Crippen LogP contribution in [0.3, 0.4) is 0 Å². The van der Waals surface area contributed by atoms with Gasteiger partial charge in [0.2, 0.25) is 5.91 Å². The maximum absolute atomic E-state index is 13.2. The monoisotopic (exact) mass is 511 g/mol. The lowest BCUT2D eigenvalue weighted by atomic mass is 9.95. The smallest absolute Gasteiger partial charge is 0.230 e. The maximum atomic E-state index is 13.2. The third-order valence-electron chi connectivity index (χ3n) is 5.84. The van der Waals surface area contributed by atoms with Crippen molar-refractivity contribution in [3.63, 3.8) is 0 Å². The van der Waals surface area contributed by atoms with Crippen molar-refractivity contribution in [3.05, 3.63) is 120 Å². The average molecular weight is 512 g/mol. The second-order valence-corrected chi connectivity index (χ2v) is 8.79. The van der Waals surface area contributed by atoms with Crippen molar-refractivity contribution in [2.24, 2.45) is 5.92 Å². The molecule has 4 aromatic rings. The molecule has 0 aliphatic rings. The number of anilines is 1. The zero-order valence-corrected chi connectivity index (χ0v) is 20.7. The van der Waals surface area contributed by atoms with Crippen molar-refractivity contribution in [2.75, 3.05) is 11.9 Å². The molecule has 4 aromatic carbocycles. The van der Waals surface area contributed by atoms with Gasteiger partial charge in [0.1, 0.15) is 23.4 Å². The first-order valence-corrected chi connectivity index (χ1v) is 12.2. The molecule has 0 saturated carbocycles. The summed E-state index contributed by atoms with van der Waals surface area (Å²) in [4.78, 5) is 26.1. The van der Waals surface area contributed by atoms with Gasteiger partial charge in [-0.3, -0.25) is 9.59 Å². The molecule has 0 fully saturated rings. The maximum Gasteiger partial charge on any atom is 0.230 e. The van der Waals surface area contributed by atoms with E-state index in [0.29, 0.717) is 17.2 Å². The molecule has 0 radical (unpaired) electrons. The summed E-state index contributed by atoms with van der Waals surface area (Å²) in [6.07, 6.45) is -1.71. The molecule has 194 valence electrons. The van der Waals surface area contributed by atoms with Crippen LogP contribution in [0.1, 0.15) is 23.7 Å². The SMILES string of the molecule is O=C(Nc1ccc(Oc2ccccc2)cc1)C(COCc1ccccc1)CC(=O)C(O)c1cccc(O)c1. The number of hydrogen-bond donors (Lipinski definition) is 3. The molecule has 7 heteroatoms. The van der Waals surface area contributed by atoms with Crippen LogP contribution >= 0.6 is 0 Å². The van der Waals surface area contributed by atoms with Gasteiger partial charge in [-0.1, -0.05) is 60.7 Å². The number of hydrogen-bond acceptors (Lipinski definition) is 6. The predicted molar refractivity (Wildman–Crippen MR) is 144 cm³/mol. The summed E-state index contributed by atoms with van der Waals surface area (Å²) in [5.74, 6) is -0.560. The molecule has 4 rings (SSSR count). The molecular weight excluding hydrogens is 482 g/mol. The van der Waals surface area contributed by atoms with E-state index >= 15 is 0 Å². The molecule has 0 aliphatic carbocycles. The number of benzene rings is 4. The van der Waals surface area contributed by atoms with E-state index in [0.717, 1.165) is 5.56 Å². The molecule has 1 amide bonds. The molecule has 3 N–H and O–H groups in total. The van der Waals surface area contributed by atoms with Crippen LogP contribution in [0.25, 0.3) is 0 Å². The van der Waals surface area contributed by atoms with E-state index in [1.807, 2.05) is 60.7 Å². The summed E-state index contributed by atoms with van der Waals surface area (Å²) in [6.45, 7) is 0.258. The fourth-order valence-electron chi connectivity index (χ4n) is 3.83. The Balaban J connectivity index is 1.41. The summed E-state index contributed by atoms with van der Waals surface area (Å²) in [6, 6.07) is 31.6. The standard InChI is InChI=1S/C31H29NO6/c33-26-11-7-10-23(18-26)30(35)29(34)19-24(21-37-20-22-8-3-1-4-9-22)31(36)32-25-14-16-28(17-15-25)38-27-12-5-2-6-13-27/h1-18,24,30,33,35H,19-21H2,(H,32,36). The summed E-state index contributed by atoms with van der Waals surface area (Å²) >= 11 is 0. The highest BCUT2D eigenvalue weighted by Gasteiger charge is 2.27. The first-order chi connectivity index (χ1) is 18.5. The molecule has 0 spiro atoms. The number of nitrogens with one attached hydrogen (secondary N) is 1. The number of para-hydroxylation sites is 1. The Labute approximate surface area is 221 Å². The number of ketones is 1. The van der Waals surface area contributed by atoms with E-state index in [4.69, 9.17) is 9.47 Å². The van der Waals surface area contributed by atoms with Gasteiger partial charge in [-0.15, -0.1) is 0 Å². The van der Waals surface area contributed by atoms with Crippen molar-refractivity contribution in [2.45, 2.75) is 19.1 Å². The molecular formula is C31H29NO6. The van der Waals surface area contributed by atoms with E-state index in [2.05, 4.69) is 5.32 Å². The van der Waals surface area contributed by atoms with Crippen LogP contribution in [0.5, 0.6) is 17.2 Å². The summed E-state index contributed by atoms with van der Waals surface area (Å²) in [5, 5.41) is 23.1. The number of aromatic hydroxyl groups is 1. The number of aliphatic hydroxyl groups is 1. The number of aliphatic hydroxyl groups excluding tert-OH is 1. The lowest BCUT2D eigenvalue weighted by molar-refractivity contribution is -0.133. The molecule has 0 saturated heterocycles. The first-order valence-electron chi connectivity index (χ1n) is 12.2. The second kappa shape index (κ2) is 13.2. The number of ether oxygens (including phenoxy) is 2. The quantitative estimate of drug-likeness (QED) is 0.227. The number of phenolic OH excluding ortho intramolecular Hbond substituents is 1. The molecule has 2 atom stereocenters. The second-order valence-electron chi connectivity index (χ2n) is 8.79. The van der Waals surface area contributed by atoms with Gasteiger partial charge in [0.15, 0.2) is 5.78 Å². The normalized spacial score (nSPS) is 12.3. The van der Waals surface area contributed by atoms with Gasteiger partial charge >= 0.3 is 0 Å². The highest BCUT2D eigenvalue weighted by molar-refractivity contribution is 5.96. The highest BCUT2D eigenvalue weighted by Crippen LogP contribution is 2.25. The Morgan fingerprint density at radius 1 is 0.789 bits per heavy atom. The van der Waals surface area contributed by atoms with Gasteiger partial charge in [-0.25, -0.2) is 0 Å². The van der Waals surface area contributed by atoms with E-state index < -0.39 is 23.7 Å². The van der Waals surface area contributed by atoms with Crippen LogP contribution in [0.15, 0.2) is 109 Å². The number of amides is 1. The number of rotatable bonds is 12. The minimum atomic E-state index is -1.47. The van der Waals surface area contributed by atoms with Crippen LogP contribution in [-0.2, 0) is 20.9 Å². The van der Waals surface area contributed by atoms with Crippen molar-refractivity contribution >= 4 is 17.4 Å². The molecule has 0 heterocycles. The minimum absolute atomic E-state index is 0.0194. The number of Topliss-reactive ketones (excluding diaryl/α,β-unsaturated/α-hetero) is 1. The van der Waals surface area contributed by atoms with Crippen LogP contribution in [-0.4, -0.2) is 28.5 Å². The zero-order valence-electron chi connectivity index (χ0n) is 20.7. The summed E-state index contributed by atoms with van der Waals surface area (Å²) in [7, 11) is 0. The lowest BCUT2D eigenvalue weighted by Gasteiger charge is -2.19. The van der Waals surface area contributed by atoms with Crippen molar-refractivity contribution in [1.82, 2.24) is 0 Å². The molecule has 0 aliphatic heterocycles. The molecule has 38 heavy (non-hydrogen) atoms. The molecule has 2 unspecified atom stereocenters. The van der Waals surface area contributed by atoms with Crippen LogP contribution in [0.2, 0.25) is 0 Å². The van der Waals surface area contributed by atoms with Gasteiger partial charge in [-0.2, -0.15) is 0 Å².